The van der Waals surface area contributed by atoms with Crippen LogP contribution in [0.15, 0.2) is 47.6 Å². The van der Waals surface area contributed by atoms with E-state index in [9.17, 15) is 4.79 Å². The van der Waals surface area contributed by atoms with Gasteiger partial charge in [-0.2, -0.15) is 0 Å². The van der Waals surface area contributed by atoms with Crippen molar-refractivity contribution in [2.45, 2.75) is 45.5 Å². The first kappa shape index (κ1) is 22.2. The number of aryl methyl sites for hydroxylation is 1. The third-order valence-electron chi connectivity index (χ3n) is 4.33. The van der Waals surface area contributed by atoms with Crippen LogP contribution in [0.3, 0.4) is 0 Å². The first-order chi connectivity index (χ1) is 14.4. The lowest BCUT2D eigenvalue weighted by Crippen LogP contribution is -2.15. The Morgan fingerprint density at radius 3 is 2.67 bits per heavy atom. The van der Waals surface area contributed by atoms with Crippen LogP contribution >= 0.6 is 23.4 Å². The quantitative estimate of drug-likeness (QED) is 0.468. The van der Waals surface area contributed by atoms with Crippen LogP contribution in [-0.4, -0.2) is 32.5 Å². The van der Waals surface area contributed by atoms with Crippen LogP contribution in [0.4, 0.5) is 5.69 Å². The number of amides is 1. The summed E-state index contributed by atoms with van der Waals surface area (Å²) in [5.41, 5.74) is 2.80. The van der Waals surface area contributed by atoms with Gasteiger partial charge in [-0.05, 0) is 51.5 Å². The number of ether oxygens (including phenoxy) is 1. The molecule has 0 aliphatic carbocycles. The van der Waals surface area contributed by atoms with Crippen molar-refractivity contribution in [3.8, 4) is 17.1 Å². The maximum atomic E-state index is 12.4. The fourth-order valence-electron chi connectivity index (χ4n) is 2.96. The van der Waals surface area contributed by atoms with E-state index in [0.29, 0.717) is 28.2 Å². The molecule has 0 saturated heterocycles. The van der Waals surface area contributed by atoms with Crippen LogP contribution in [-0.2, 0) is 11.3 Å². The summed E-state index contributed by atoms with van der Waals surface area (Å²) in [7, 11) is 0. The minimum absolute atomic E-state index is 0.0276. The molecular formula is C22H25ClN4O2S. The third-order valence-corrected chi connectivity index (χ3v) is 5.59. The predicted molar refractivity (Wildman–Crippen MR) is 122 cm³/mol. The van der Waals surface area contributed by atoms with Gasteiger partial charge in [0, 0.05) is 17.8 Å². The number of carbonyl (C=O) groups is 1. The highest BCUT2D eigenvalue weighted by Gasteiger charge is 2.16. The van der Waals surface area contributed by atoms with E-state index in [-0.39, 0.29) is 17.8 Å². The number of hydrogen-bond donors (Lipinski definition) is 1. The maximum absolute atomic E-state index is 12.4. The number of aromatic nitrogens is 3. The monoisotopic (exact) mass is 444 g/mol. The second-order valence-electron chi connectivity index (χ2n) is 7.01. The SMILES string of the molecule is CCn1c(SCC(=O)Nc2ccc(OC(C)C)c(Cl)c2)nnc1-c1ccccc1C. The molecule has 1 amide bonds. The molecule has 1 heterocycles. The molecule has 1 aromatic heterocycles. The Balaban J connectivity index is 1.65. The second-order valence-corrected chi connectivity index (χ2v) is 8.36. The molecule has 0 bridgehead atoms. The van der Waals surface area contributed by atoms with Gasteiger partial charge >= 0.3 is 0 Å². The highest BCUT2D eigenvalue weighted by Crippen LogP contribution is 2.29. The topological polar surface area (TPSA) is 69.0 Å². The molecule has 30 heavy (non-hydrogen) atoms. The minimum atomic E-state index is -0.142. The normalized spacial score (nSPS) is 11.0. The number of carbonyl (C=O) groups excluding carboxylic acids is 1. The van der Waals surface area contributed by atoms with Crippen molar-refractivity contribution in [3.63, 3.8) is 0 Å². The van der Waals surface area contributed by atoms with E-state index in [1.807, 2.05) is 56.5 Å². The minimum Gasteiger partial charge on any atom is -0.489 e. The summed E-state index contributed by atoms with van der Waals surface area (Å²) in [6.45, 7) is 8.67. The van der Waals surface area contributed by atoms with Crippen molar-refractivity contribution in [1.29, 1.82) is 0 Å². The van der Waals surface area contributed by atoms with E-state index in [2.05, 4.69) is 15.5 Å². The summed E-state index contributed by atoms with van der Waals surface area (Å²) in [5.74, 6) is 1.48. The summed E-state index contributed by atoms with van der Waals surface area (Å²) in [4.78, 5) is 12.4. The Hall–Kier alpha value is -2.51. The lowest BCUT2D eigenvalue weighted by atomic mass is 10.1. The largest absolute Gasteiger partial charge is 0.489 e. The van der Waals surface area contributed by atoms with E-state index in [1.165, 1.54) is 11.8 Å². The Morgan fingerprint density at radius 2 is 2.00 bits per heavy atom. The molecule has 0 aliphatic heterocycles. The highest BCUT2D eigenvalue weighted by atomic mass is 35.5. The molecule has 0 radical (unpaired) electrons. The Labute approximate surface area is 186 Å². The summed E-state index contributed by atoms with van der Waals surface area (Å²) in [6, 6.07) is 13.3. The van der Waals surface area contributed by atoms with Gasteiger partial charge in [0.05, 0.1) is 16.9 Å². The van der Waals surface area contributed by atoms with Crippen molar-refractivity contribution < 1.29 is 9.53 Å². The summed E-state index contributed by atoms with van der Waals surface area (Å²) < 4.78 is 7.64. The standard InChI is InChI=1S/C22H25ClN4O2S/c1-5-27-21(17-9-7-6-8-15(17)4)25-26-22(27)30-13-20(28)24-16-10-11-19(18(23)12-16)29-14(2)3/h6-12,14H,5,13H2,1-4H3,(H,24,28). The summed E-state index contributed by atoms with van der Waals surface area (Å²) in [5, 5.41) is 12.7. The Kier molecular flexibility index (Phi) is 7.39. The number of anilines is 1. The molecule has 1 N–H and O–H groups in total. The number of hydrogen-bond acceptors (Lipinski definition) is 5. The fourth-order valence-corrected chi connectivity index (χ4v) is 3.99. The second kappa shape index (κ2) is 10.00. The van der Waals surface area contributed by atoms with Gasteiger partial charge in [-0.3, -0.25) is 4.79 Å². The first-order valence-electron chi connectivity index (χ1n) is 9.77. The highest BCUT2D eigenvalue weighted by molar-refractivity contribution is 7.99. The molecule has 0 saturated carbocycles. The maximum Gasteiger partial charge on any atom is 0.234 e. The number of nitrogens with zero attached hydrogens (tertiary/aromatic N) is 3. The van der Waals surface area contributed by atoms with Crippen molar-refractivity contribution in [3.05, 3.63) is 53.1 Å². The zero-order chi connectivity index (χ0) is 21.7. The van der Waals surface area contributed by atoms with Gasteiger partial charge in [0.1, 0.15) is 5.75 Å². The first-order valence-corrected chi connectivity index (χ1v) is 11.1. The van der Waals surface area contributed by atoms with Crippen molar-refractivity contribution in [1.82, 2.24) is 14.8 Å². The van der Waals surface area contributed by atoms with Gasteiger partial charge in [-0.1, -0.05) is 47.6 Å². The molecule has 0 unspecified atom stereocenters. The van der Waals surface area contributed by atoms with Crippen molar-refractivity contribution >= 4 is 35.0 Å². The van der Waals surface area contributed by atoms with Crippen LogP contribution in [0, 0.1) is 6.92 Å². The number of benzene rings is 2. The number of thioether (sulfide) groups is 1. The lowest BCUT2D eigenvalue weighted by molar-refractivity contribution is -0.113. The molecule has 3 rings (SSSR count). The van der Waals surface area contributed by atoms with E-state index < -0.39 is 0 Å². The average molecular weight is 445 g/mol. The van der Waals surface area contributed by atoms with Gasteiger partial charge < -0.3 is 14.6 Å². The third kappa shape index (κ3) is 5.34. The number of rotatable bonds is 8. The number of nitrogens with one attached hydrogen (secondary N) is 1. The molecule has 0 spiro atoms. The number of halogens is 1. The molecule has 158 valence electrons. The van der Waals surface area contributed by atoms with Crippen molar-refractivity contribution in [2.75, 3.05) is 11.1 Å². The van der Waals surface area contributed by atoms with Gasteiger partial charge in [0.2, 0.25) is 5.91 Å². The molecule has 0 aliphatic rings. The molecular weight excluding hydrogens is 420 g/mol. The molecule has 6 nitrogen and oxygen atoms in total. The summed E-state index contributed by atoms with van der Waals surface area (Å²) in [6.07, 6.45) is 0.0276. The van der Waals surface area contributed by atoms with Gasteiger partial charge in [0.15, 0.2) is 11.0 Å². The Morgan fingerprint density at radius 1 is 1.23 bits per heavy atom. The van der Waals surface area contributed by atoms with Crippen LogP contribution in [0.1, 0.15) is 26.3 Å². The van der Waals surface area contributed by atoms with Crippen LogP contribution < -0.4 is 10.1 Å². The van der Waals surface area contributed by atoms with E-state index >= 15 is 0 Å². The molecule has 0 atom stereocenters. The molecule has 8 heteroatoms. The van der Waals surface area contributed by atoms with Crippen LogP contribution in [0.5, 0.6) is 5.75 Å². The van der Waals surface area contributed by atoms with E-state index in [1.54, 1.807) is 18.2 Å². The fraction of sp³-hybridized carbons (Fsp3) is 0.318. The smallest absolute Gasteiger partial charge is 0.234 e. The molecule has 2 aromatic carbocycles. The van der Waals surface area contributed by atoms with E-state index in [0.717, 1.165) is 17.0 Å². The zero-order valence-electron chi connectivity index (χ0n) is 17.5. The van der Waals surface area contributed by atoms with Gasteiger partial charge in [-0.15, -0.1) is 10.2 Å². The molecule has 0 fully saturated rings. The predicted octanol–water partition coefficient (Wildman–Crippen LogP) is 5.44. The van der Waals surface area contributed by atoms with E-state index in [4.69, 9.17) is 16.3 Å². The van der Waals surface area contributed by atoms with Crippen LogP contribution in [0.2, 0.25) is 5.02 Å². The van der Waals surface area contributed by atoms with Gasteiger partial charge in [0.25, 0.3) is 0 Å². The lowest BCUT2D eigenvalue weighted by Gasteiger charge is -2.13. The summed E-state index contributed by atoms with van der Waals surface area (Å²) >= 11 is 7.60. The van der Waals surface area contributed by atoms with Gasteiger partial charge in [-0.25, -0.2) is 0 Å². The Bertz CT molecular complexity index is 1040. The molecule has 3 aromatic rings. The zero-order valence-corrected chi connectivity index (χ0v) is 19.0. The van der Waals surface area contributed by atoms with Crippen LogP contribution in [0.25, 0.3) is 11.4 Å². The average Bonchev–Trinajstić information content (AvgIpc) is 3.11. The van der Waals surface area contributed by atoms with Crippen molar-refractivity contribution in [2.24, 2.45) is 0 Å².